The summed E-state index contributed by atoms with van der Waals surface area (Å²) in [6, 6.07) is 12.6. The average Bonchev–Trinajstić information content (AvgIpc) is 2.72. The zero-order valence-corrected chi connectivity index (χ0v) is 17.1. The van der Waals surface area contributed by atoms with Gasteiger partial charge in [0.15, 0.2) is 18.1 Å². The third-order valence-corrected chi connectivity index (χ3v) is 4.28. The maximum atomic E-state index is 11.9. The van der Waals surface area contributed by atoms with Crippen LogP contribution in [0.3, 0.4) is 0 Å². The van der Waals surface area contributed by atoms with Gasteiger partial charge in [-0.1, -0.05) is 26.0 Å². The number of ether oxygens (including phenoxy) is 3. The molecule has 0 aliphatic heterocycles. The van der Waals surface area contributed by atoms with Crippen molar-refractivity contribution in [2.75, 3.05) is 13.7 Å². The van der Waals surface area contributed by atoms with Crippen molar-refractivity contribution in [3.63, 3.8) is 0 Å². The van der Waals surface area contributed by atoms with E-state index in [0.29, 0.717) is 28.7 Å². The molecule has 2 aromatic carbocycles. The van der Waals surface area contributed by atoms with Crippen LogP contribution >= 0.6 is 0 Å². The topological polar surface area (TPSA) is 86.2 Å². The van der Waals surface area contributed by atoms with E-state index in [9.17, 15) is 9.59 Å². The van der Waals surface area contributed by atoms with Gasteiger partial charge in [0.05, 0.1) is 13.3 Å². The van der Waals surface area contributed by atoms with E-state index in [1.165, 1.54) is 25.8 Å². The van der Waals surface area contributed by atoms with Gasteiger partial charge in [-0.05, 0) is 53.8 Å². The van der Waals surface area contributed by atoms with E-state index < -0.39 is 5.97 Å². The van der Waals surface area contributed by atoms with Gasteiger partial charge in [0, 0.05) is 6.92 Å². The average molecular weight is 398 g/mol. The summed E-state index contributed by atoms with van der Waals surface area (Å²) >= 11 is 0. The molecule has 2 aromatic rings. The van der Waals surface area contributed by atoms with Crippen LogP contribution in [0.5, 0.6) is 17.2 Å². The number of hydrogen-bond donors (Lipinski definition) is 1. The standard InChI is InChI=1S/C22H26N2O5/c1-5-15(2)18-7-9-19(10-8-18)28-14-22(26)24-23-13-17-6-11-20(29-16(3)25)21(12-17)27-4/h6-13,15H,5,14H2,1-4H3,(H,24,26). The summed E-state index contributed by atoms with van der Waals surface area (Å²) in [4.78, 5) is 23.0. The Morgan fingerprint density at radius 3 is 2.48 bits per heavy atom. The maximum Gasteiger partial charge on any atom is 0.308 e. The largest absolute Gasteiger partial charge is 0.493 e. The summed E-state index contributed by atoms with van der Waals surface area (Å²) in [5.74, 6) is 1.00. The summed E-state index contributed by atoms with van der Waals surface area (Å²) < 4.78 is 15.7. The van der Waals surface area contributed by atoms with Crippen LogP contribution in [0, 0.1) is 0 Å². The predicted molar refractivity (Wildman–Crippen MR) is 111 cm³/mol. The molecule has 154 valence electrons. The van der Waals surface area contributed by atoms with Gasteiger partial charge in [-0.25, -0.2) is 5.43 Å². The smallest absolute Gasteiger partial charge is 0.308 e. The van der Waals surface area contributed by atoms with Crippen molar-refractivity contribution in [1.29, 1.82) is 0 Å². The Morgan fingerprint density at radius 2 is 1.86 bits per heavy atom. The SMILES string of the molecule is CCC(C)c1ccc(OCC(=O)NN=Cc2ccc(OC(C)=O)c(OC)c2)cc1. The van der Waals surface area contributed by atoms with Crippen molar-refractivity contribution in [1.82, 2.24) is 5.43 Å². The molecule has 0 aromatic heterocycles. The zero-order chi connectivity index (χ0) is 21.2. The van der Waals surface area contributed by atoms with Gasteiger partial charge in [0.2, 0.25) is 0 Å². The van der Waals surface area contributed by atoms with Crippen molar-refractivity contribution in [2.45, 2.75) is 33.1 Å². The fraction of sp³-hybridized carbons (Fsp3) is 0.318. The summed E-state index contributed by atoms with van der Waals surface area (Å²) in [7, 11) is 1.47. The van der Waals surface area contributed by atoms with E-state index in [4.69, 9.17) is 14.2 Å². The highest BCUT2D eigenvalue weighted by molar-refractivity contribution is 5.84. The van der Waals surface area contributed by atoms with Crippen molar-refractivity contribution in [3.8, 4) is 17.2 Å². The number of carbonyl (C=O) groups excluding carboxylic acids is 2. The summed E-state index contributed by atoms with van der Waals surface area (Å²) in [5, 5.41) is 3.90. The Labute approximate surface area is 170 Å². The fourth-order valence-electron chi connectivity index (χ4n) is 2.49. The minimum Gasteiger partial charge on any atom is -0.493 e. The first-order valence-corrected chi connectivity index (χ1v) is 9.34. The Bertz CT molecular complexity index is 862. The minimum absolute atomic E-state index is 0.144. The van der Waals surface area contributed by atoms with Crippen LogP contribution in [0.1, 0.15) is 44.2 Å². The van der Waals surface area contributed by atoms with Gasteiger partial charge >= 0.3 is 5.97 Å². The van der Waals surface area contributed by atoms with Crippen LogP contribution in [-0.4, -0.2) is 31.8 Å². The molecule has 1 unspecified atom stereocenters. The fourth-order valence-corrected chi connectivity index (χ4v) is 2.49. The van der Waals surface area contributed by atoms with Gasteiger partial charge in [-0.2, -0.15) is 5.10 Å². The first-order chi connectivity index (χ1) is 13.9. The number of nitrogens with one attached hydrogen (secondary N) is 1. The lowest BCUT2D eigenvalue weighted by Crippen LogP contribution is -2.24. The van der Waals surface area contributed by atoms with Crippen molar-refractivity contribution < 1.29 is 23.8 Å². The highest BCUT2D eigenvalue weighted by atomic mass is 16.6. The van der Waals surface area contributed by atoms with Gasteiger partial charge in [-0.3, -0.25) is 9.59 Å². The molecule has 0 heterocycles. The number of rotatable bonds is 9. The lowest BCUT2D eigenvalue weighted by molar-refractivity contribution is -0.132. The predicted octanol–water partition coefficient (Wildman–Crippen LogP) is 3.66. The normalized spacial score (nSPS) is 11.7. The van der Waals surface area contributed by atoms with E-state index in [1.54, 1.807) is 18.2 Å². The number of hydrogen-bond acceptors (Lipinski definition) is 6. The van der Waals surface area contributed by atoms with Gasteiger partial charge in [0.1, 0.15) is 5.75 Å². The Morgan fingerprint density at radius 1 is 1.14 bits per heavy atom. The number of nitrogens with zero attached hydrogens (tertiary/aromatic N) is 1. The summed E-state index contributed by atoms with van der Waals surface area (Å²) in [5.41, 5.74) is 4.31. The van der Waals surface area contributed by atoms with Crippen molar-refractivity contribution in [3.05, 3.63) is 53.6 Å². The second-order valence-electron chi connectivity index (χ2n) is 6.46. The van der Waals surface area contributed by atoms with E-state index in [1.807, 2.05) is 24.3 Å². The van der Waals surface area contributed by atoms with E-state index in [0.717, 1.165) is 6.42 Å². The molecule has 0 bridgehead atoms. The molecule has 1 amide bonds. The number of esters is 1. The molecule has 0 aliphatic rings. The molecule has 1 atom stereocenters. The van der Waals surface area contributed by atoms with Crippen molar-refractivity contribution in [2.24, 2.45) is 5.10 Å². The molecule has 0 spiro atoms. The molecular weight excluding hydrogens is 372 g/mol. The van der Waals surface area contributed by atoms with Gasteiger partial charge < -0.3 is 14.2 Å². The minimum atomic E-state index is -0.438. The molecular formula is C22H26N2O5. The molecule has 0 radical (unpaired) electrons. The lowest BCUT2D eigenvalue weighted by Gasteiger charge is -2.10. The second-order valence-corrected chi connectivity index (χ2v) is 6.46. The van der Waals surface area contributed by atoms with Gasteiger partial charge in [0.25, 0.3) is 5.91 Å². The molecule has 0 saturated carbocycles. The third kappa shape index (κ3) is 6.95. The quantitative estimate of drug-likeness (QED) is 0.301. The molecule has 7 heteroatoms. The van der Waals surface area contributed by atoms with Gasteiger partial charge in [-0.15, -0.1) is 0 Å². The van der Waals surface area contributed by atoms with Crippen LogP contribution in [0.15, 0.2) is 47.6 Å². The molecule has 7 nitrogen and oxygen atoms in total. The highest BCUT2D eigenvalue weighted by Crippen LogP contribution is 2.27. The monoisotopic (exact) mass is 398 g/mol. The van der Waals surface area contributed by atoms with Crippen LogP contribution in [0.4, 0.5) is 0 Å². The lowest BCUT2D eigenvalue weighted by atomic mass is 9.99. The molecule has 2 rings (SSSR count). The Hall–Kier alpha value is -3.35. The molecule has 29 heavy (non-hydrogen) atoms. The number of benzene rings is 2. The zero-order valence-electron chi connectivity index (χ0n) is 17.1. The van der Waals surface area contributed by atoms with E-state index >= 15 is 0 Å². The number of carbonyl (C=O) groups is 2. The number of hydrazone groups is 1. The molecule has 0 aliphatic carbocycles. The first-order valence-electron chi connectivity index (χ1n) is 9.34. The number of amides is 1. The van der Waals surface area contributed by atoms with Crippen LogP contribution < -0.4 is 19.6 Å². The van der Waals surface area contributed by atoms with E-state index in [-0.39, 0.29) is 12.5 Å². The highest BCUT2D eigenvalue weighted by Gasteiger charge is 2.08. The Kier molecular flexibility index (Phi) is 8.21. The maximum absolute atomic E-state index is 11.9. The Balaban J connectivity index is 1.85. The molecule has 1 N–H and O–H groups in total. The second kappa shape index (κ2) is 10.8. The molecule has 0 saturated heterocycles. The number of methoxy groups -OCH3 is 1. The first kappa shape index (κ1) is 21.9. The summed E-state index contributed by atoms with van der Waals surface area (Å²) in [6.45, 7) is 5.48. The summed E-state index contributed by atoms with van der Waals surface area (Å²) in [6.07, 6.45) is 2.53. The third-order valence-electron chi connectivity index (χ3n) is 4.28. The van der Waals surface area contributed by atoms with E-state index in [2.05, 4.69) is 24.4 Å². The van der Waals surface area contributed by atoms with Crippen molar-refractivity contribution >= 4 is 18.1 Å². The van der Waals surface area contributed by atoms with Crippen LogP contribution in [0.2, 0.25) is 0 Å². The molecule has 0 fully saturated rings. The van der Waals surface area contributed by atoms with Crippen LogP contribution in [-0.2, 0) is 9.59 Å². The van der Waals surface area contributed by atoms with Crippen LogP contribution in [0.25, 0.3) is 0 Å².